The molecule has 0 radical (unpaired) electrons. The summed E-state index contributed by atoms with van der Waals surface area (Å²) in [5, 5.41) is 13.3. The molecule has 4 nitrogen and oxygen atoms in total. The van der Waals surface area contributed by atoms with E-state index in [0.717, 1.165) is 25.0 Å². The fourth-order valence-electron chi connectivity index (χ4n) is 1.87. The molecular formula is C13H17F3N2O2. The molecule has 0 aliphatic carbocycles. The molecule has 0 aromatic heterocycles. The van der Waals surface area contributed by atoms with E-state index in [-0.39, 0.29) is 11.6 Å². The number of anilines is 1. The van der Waals surface area contributed by atoms with Gasteiger partial charge in [-0.1, -0.05) is 26.7 Å². The van der Waals surface area contributed by atoms with Crippen LogP contribution in [0, 0.1) is 16.0 Å². The molecular weight excluding hydrogens is 273 g/mol. The molecule has 0 aliphatic rings. The van der Waals surface area contributed by atoms with Crippen LogP contribution in [-0.4, -0.2) is 11.5 Å². The maximum absolute atomic E-state index is 12.9. The minimum Gasteiger partial charge on any atom is -0.384 e. The van der Waals surface area contributed by atoms with Crippen LogP contribution in [0.3, 0.4) is 0 Å². The third-order valence-corrected chi connectivity index (χ3v) is 3.26. The topological polar surface area (TPSA) is 55.2 Å². The number of nitrogens with one attached hydrogen (secondary N) is 1. The number of nitro benzene ring substituents is 1. The lowest BCUT2D eigenvalue weighted by Crippen LogP contribution is -2.16. The Kier molecular flexibility index (Phi) is 5.35. The minimum atomic E-state index is -4.62. The predicted molar refractivity (Wildman–Crippen MR) is 70.7 cm³/mol. The van der Waals surface area contributed by atoms with Gasteiger partial charge >= 0.3 is 6.18 Å². The van der Waals surface area contributed by atoms with Crippen molar-refractivity contribution in [2.24, 2.45) is 5.92 Å². The second-order valence-corrected chi connectivity index (χ2v) is 4.55. The van der Waals surface area contributed by atoms with Gasteiger partial charge in [0, 0.05) is 24.4 Å². The average molecular weight is 290 g/mol. The Morgan fingerprint density at radius 2 is 1.90 bits per heavy atom. The average Bonchev–Trinajstić information content (AvgIpc) is 2.38. The number of hydrogen-bond acceptors (Lipinski definition) is 3. The Morgan fingerprint density at radius 1 is 1.30 bits per heavy atom. The number of rotatable bonds is 6. The summed E-state index contributed by atoms with van der Waals surface area (Å²) in [5.41, 5.74) is -1.68. The van der Waals surface area contributed by atoms with E-state index >= 15 is 0 Å². The predicted octanol–water partition coefficient (Wildman–Crippen LogP) is 4.46. The first-order valence-electron chi connectivity index (χ1n) is 6.39. The molecule has 0 saturated carbocycles. The van der Waals surface area contributed by atoms with Crippen LogP contribution >= 0.6 is 0 Å². The van der Waals surface area contributed by atoms with E-state index in [0.29, 0.717) is 12.6 Å². The summed E-state index contributed by atoms with van der Waals surface area (Å²) in [7, 11) is 0. The molecule has 1 aromatic carbocycles. The Hall–Kier alpha value is -1.79. The highest BCUT2D eigenvalue weighted by Crippen LogP contribution is 2.37. The summed E-state index contributed by atoms with van der Waals surface area (Å²) in [5.74, 6) is 0.270. The highest BCUT2D eigenvalue weighted by atomic mass is 19.4. The van der Waals surface area contributed by atoms with Gasteiger partial charge in [0.1, 0.15) is 0 Å². The third-order valence-electron chi connectivity index (χ3n) is 3.26. The highest BCUT2D eigenvalue weighted by Gasteiger charge is 2.35. The normalized spacial score (nSPS) is 11.7. The zero-order chi connectivity index (χ0) is 15.3. The lowest BCUT2D eigenvalue weighted by atomic mass is 10.0. The number of alkyl halides is 3. The van der Waals surface area contributed by atoms with E-state index in [1.165, 1.54) is 0 Å². The fraction of sp³-hybridized carbons (Fsp3) is 0.538. The standard InChI is InChI=1S/C13H17F3N2O2/c1-3-9(4-2)8-17-12-6-5-10(18(19)20)7-11(12)13(14,15)16/h5-7,9,17H,3-4,8H2,1-2H3. The summed E-state index contributed by atoms with van der Waals surface area (Å²) >= 11 is 0. The van der Waals surface area contributed by atoms with Crippen LogP contribution in [-0.2, 0) is 6.18 Å². The lowest BCUT2D eigenvalue weighted by Gasteiger charge is -2.18. The number of nitrogens with zero attached hydrogens (tertiary/aromatic N) is 1. The molecule has 20 heavy (non-hydrogen) atoms. The summed E-state index contributed by atoms with van der Waals surface area (Å²) in [6.07, 6.45) is -2.90. The van der Waals surface area contributed by atoms with Crippen molar-refractivity contribution in [2.75, 3.05) is 11.9 Å². The molecule has 0 aliphatic heterocycles. The molecule has 7 heteroatoms. The summed E-state index contributed by atoms with van der Waals surface area (Å²) in [4.78, 5) is 9.73. The van der Waals surface area contributed by atoms with Crippen molar-refractivity contribution < 1.29 is 18.1 Å². The number of hydrogen-bond donors (Lipinski definition) is 1. The molecule has 112 valence electrons. The van der Waals surface area contributed by atoms with Crippen molar-refractivity contribution in [3.63, 3.8) is 0 Å². The quantitative estimate of drug-likeness (QED) is 0.621. The third kappa shape index (κ3) is 4.11. The van der Waals surface area contributed by atoms with Crippen LogP contribution in [0.2, 0.25) is 0 Å². The van der Waals surface area contributed by atoms with E-state index in [1.54, 1.807) is 0 Å². The molecule has 0 unspecified atom stereocenters. The van der Waals surface area contributed by atoms with Gasteiger partial charge in [-0.3, -0.25) is 10.1 Å². The molecule has 1 aromatic rings. The molecule has 0 saturated heterocycles. The smallest absolute Gasteiger partial charge is 0.384 e. The zero-order valence-electron chi connectivity index (χ0n) is 11.3. The molecule has 1 N–H and O–H groups in total. The Morgan fingerprint density at radius 3 is 2.35 bits per heavy atom. The Labute approximate surface area is 115 Å². The number of halogens is 3. The molecule has 1 rings (SSSR count). The summed E-state index contributed by atoms with van der Waals surface area (Å²) in [6.45, 7) is 4.35. The Balaban J connectivity index is 3.03. The molecule has 0 fully saturated rings. The van der Waals surface area contributed by atoms with Gasteiger partial charge in [0.2, 0.25) is 0 Å². The van der Waals surface area contributed by atoms with E-state index in [1.807, 2.05) is 13.8 Å². The lowest BCUT2D eigenvalue weighted by molar-refractivity contribution is -0.385. The number of non-ortho nitro benzene ring substituents is 1. The van der Waals surface area contributed by atoms with Crippen molar-refractivity contribution in [3.8, 4) is 0 Å². The number of nitro groups is 1. The van der Waals surface area contributed by atoms with Crippen LogP contribution in [0.4, 0.5) is 24.5 Å². The molecule has 0 amide bonds. The van der Waals surface area contributed by atoms with Crippen LogP contribution in [0.25, 0.3) is 0 Å². The van der Waals surface area contributed by atoms with Gasteiger partial charge in [0.25, 0.3) is 5.69 Å². The van der Waals surface area contributed by atoms with Crippen LogP contribution in [0.15, 0.2) is 18.2 Å². The largest absolute Gasteiger partial charge is 0.418 e. The van der Waals surface area contributed by atoms with Crippen LogP contribution in [0.1, 0.15) is 32.3 Å². The first kappa shape index (κ1) is 16.3. The van der Waals surface area contributed by atoms with Crippen molar-refractivity contribution in [2.45, 2.75) is 32.9 Å². The molecule has 0 bridgehead atoms. The first-order chi connectivity index (χ1) is 9.29. The highest BCUT2D eigenvalue weighted by molar-refractivity contribution is 5.57. The van der Waals surface area contributed by atoms with Gasteiger partial charge < -0.3 is 5.32 Å². The van der Waals surface area contributed by atoms with Gasteiger partial charge in [0.15, 0.2) is 0 Å². The van der Waals surface area contributed by atoms with E-state index < -0.39 is 22.4 Å². The van der Waals surface area contributed by atoms with E-state index in [9.17, 15) is 23.3 Å². The van der Waals surface area contributed by atoms with E-state index in [2.05, 4.69) is 5.32 Å². The van der Waals surface area contributed by atoms with Crippen molar-refractivity contribution in [1.29, 1.82) is 0 Å². The van der Waals surface area contributed by atoms with Crippen molar-refractivity contribution in [3.05, 3.63) is 33.9 Å². The SMILES string of the molecule is CCC(CC)CNc1ccc([N+](=O)[O-])cc1C(F)(F)F. The zero-order valence-corrected chi connectivity index (χ0v) is 11.3. The minimum absolute atomic E-state index is 0.116. The van der Waals surface area contributed by atoms with E-state index in [4.69, 9.17) is 0 Å². The monoisotopic (exact) mass is 290 g/mol. The first-order valence-corrected chi connectivity index (χ1v) is 6.39. The number of benzene rings is 1. The van der Waals surface area contributed by atoms with Crippen molar-refractivity contribution >= 4 is 11.4 Å². The Bertz CT molecular complexity index is 471. The van der Waals surface area contributed by atoms with Gasteiger partial charge in [0.05, 0.1) is 10.5 Å². The van der Waals surface area contributed by atoms with Gasteiger partial charge in [-0.15, -0.1) is 0 Å². The maximum Gasteiger partial charge on any atom is 0.418 e. The molecule has 0 atom stereocenters. The van der Waals surface area contributed by atoms with Crippen LogP contribution in [0.5, 0.6) is 0 Å². The summed E-state index contributed by atoms with van der Waals surface area (Å²) < 4.78 is 38.8. The second-order valence-electron chi connectivity index (χ2n) is 4.55. The summed E-state index contributed by atoms with van der Waals surface area (Å²) in [6, 6.07) is 2.75. The molecule has 0 heterocycles. The van der Waals surface area contributed by atoms with Crippen LogP contribution < -0.4 is 5.32 Å². The van der Waals surface area contributed by atoms with Gasteiger partial charge in [-0.25, -0.2) is 0 Å². The molecule has 0 spiro atoms. The second kappa shape index (κ2) is 6.58. The maximum atomic E-state index is 12.9. The van der Waals surface area contributed by atoms with Gasteiger partial charge in [-0.2, -0.15) is 13.2 Å². The van der Waals surface area contributed by atoms with Gasteiger partial charge in [-0.05, 0) is 12.0 Å². The fourth-order valence-corrected chi connectivity index (χ4v) is 1.87. The van der Waals surface area contributed by atoms with Crippen molar-refractivity contribution in [1.82, 2.24) is 0 Å².